The number of aryl methyl sites for hydroxylation is 1. The van der Waals surface area contributed by atoms with Crippen molar-refractivity contribution in [3.8, 4) is 17.3 Å². The Morgan fingerprint density at radius 3 is 2.45 bits per heavy atom. The second kappa shape index (κ2) is 6.78. The van der Waals surface area contributed by atoms with Crippen molar-refractivity contribution < 1.29 is 0 Å². The van der Waals surface area contributed by atoms with Crippen LogP contribution in [0.5, 0.6) is 0 Å². The lowest BCUT2D eigenvalue weighted by atomic mass is 10.0. The van der Waals surface area contributed by atoms with Crippen LogP contribution in [0.15, 0.2) is 53.5 Å². The van der Waals surface area contributed by atoms with Crippen molar-refractivity contribution >= 4 is 22.6 Å². The molecule has 0 aliphatic heterocycles. The topological polar surface area (TPSA) is 48.2 Å². The highest BCUT2D eigenvalue weighted by atomic mass is 32.2. The van der Waals surface area contributed by atoms with Gasteiger partial charge in [-0.1, -0.05) is 48.2 Å². The van der Waals surface area contributed by atoms with Crippen molar-refractivity contribution in [3.05, 3.63) is 54.1 Å². The summed E-state index contributed by atoms with van der Waals surface area (Å²) in [5.41, 5.74) is 4.47. The number of benzene rings is 2. The van der Waals surface area contributed by atoms with Crippen LogP contribution >= 0.6 is 11.8 Å². The maximum absolute atomic E-state index is 8.61. The molecule has 0 amide bonds. The third kappa shape index (κ3) is 3.40. The van der Waals surface area contributed by atoms with Crippen molar-refractivity contribution in [1.82, 2.24) is 5.32 Å². The summed E-state index contributed by atoms with van der Waals surface area (Å²) in [4.78, 5) is 4.37. The lowest BCUT2D eigenvalue weighted by Crippen LogP contribution is -2.12. The predicted octanol–water partition coefficient (Wildman–Crippen LogP) is 4.08. The average molecular weight is 281 g/mol. The van der Waals surface area contributed by atoms with E-state index in [1.54, 1.807) is 0 Å². The molecule has 2 aromatic rings. The van der Waals surface area contributed by atoms with Gasteiger partial charge in [-0.15, -0.1) is 0 Å². The second-order valence-electron chi connectivity index (χ2n) is 4.22. The fraction of sp³-hybridized carbons (Fsp3) is 0.125. The highest BCUT2D eigenvalue weighted by Gasteiger charge is 2.01. The van der Waals surface area contributed by atoms with E-state index in [0.717, 1.165) is 5.69 Å². The Balaban J connectivity index is 2.27. The molecule has 3 nitrogen and oxygen atoms in total. The number of amidine groups is 1. The van der Waals surface area contributed by atoms with Crippen LogP contribution in [0, 0.1) is 18.4 Å². The summed E-state index contributed by atoms with van der Waals surface area (Å²) in [6, 6.07) is 16.3. The van der Waals surface area contributed by atoms with Gasteiger partial charge in [0.15, 0.2) is 11.4 Å². The highest BCUT2D eigenvalue weighted by Crippen LogP contribution is 2.25. The van der Waals surface area contributed by atoms with Crippen molar-refractivity contribution in [2.75, 3.05) is 6.26 Å². The van der Waals surface area contributed by atoms with Crippen LogP contribution in [-0.4, -0.2) is 11.4 Å². The number of hydrogen-bond acceptors (Lipinski definition) is 3. The first-order valence-electron chi connectivity index (χ1n) is 6.18. The Hall–Kier alpha value is -2.25. The molecule has 0 saturated carbocycles. The molecule has 0 heterocycles. The van der Waals surface area contributed by atoms with Gasteiger partial charge in [0.1, 0.15) is 0 Å². The second-order valence-corrected chi connectivity index (χ2v) is 5.01. The predicted molar refractivity (Wildman–Crippen MR) is 86.0 cm³/mol. The van der Waals surface area contributed by atoms with E-state index in [9.17, 15) is 0 Å². The molecule has 0 radical (unpaired) electrons. The summed E-state index contributed by atoms with van der Waals surface area (Å²) in [7, 11) is 0. The molecule has 0 aliphatic rings. The molecule has 0 atom stereocenters. The summed E-state index contributed by atoms with van der Waals surface area (Å²) in [5.74, 6) is 0. The molecule has 0 spiro atoms. The van der Waals surface area contributed by atoms with Crippen LogP contribution in [-0.2, 0) is 0 Å². The summed E-state index contributed by atoms with van der Waals surface area (Å²) in [6.07, 6.45) is 3.76. The molecule has 2 rings (SSSR count). The molecule has 0 bridgehead atoms. The molecule has 0 unspecified atom stereocenters. The van der Waals surface area contributed by atoms with Gasteiger partial charge in [-0.25, -0.2) is 4.99 Å². The zero-order valence-corrected chi connectivity index (χ0v) is 12.2. The smallest absolute Gasteiger partial charge is 0.183 e. The number of nitrogens with zero attached hydrogens (tertiary/aromatic N) is 2. The van der Waals surface area contributed by atoms with Crippen molar-refractivity contribution in [1.29, 1.82) is 5.26 Å². The molecule has 2 aromatic carbocycles. The third-order valence-electron chi connectivity index (χ3n) is 2.91. The molecule has 0 fully saturated rings. The van der Waals surface area contributed by atoms with Crippen LogP contribution in [0.2, 0.25) is 0 Å². The summed E-state index contributed by atoms with van der Waals surface area (Å²) < 4.78 is 0. The normalized spacial score (nSPS) is 10.9. The van der Waals surface area contributed by atoms with E-state index in [0.29, 0.717) is 5.17 Å². The fourth-order valence-electron chi connectivity index (χ4n) is 1.90. The van der Waals surface area contributed by atoms with Gasteiger partial charge in [-0.2, -0.15) is 5.26 Å². The standard InChI is InChI=1S/C16H15N3S/c1-12-5-3-4-6-15(12)13-7-9-14(10-8-13)19-16(20-2)18-11-17/h3-10H,1-2H3,(H,18,19). The molecule has 100 valence electrons. The number of nitriles is 1. The van der Waals surface area contributed by atoms with Crippen LogP contribution in [0.1, 0.15) is 5.56 Å². The van der Waals surface area contributed by atoms with E-state index in [2.05, 4.69) is 29.4 Å². The minimum absolute atomic E-state index is 0.594. The van der Waals surface area contributed by atoms with Gasteiger partial charge >= 0.3 is 0 Å². The lowest BCUT2D eigenvalue weighted by Gasteiger charge is -2.06. The zero-order chi connectivity index (χ0) is 14.4. The van der Waals surface area contributed by atoms with Gasteiger partial charge in [-0.05, 0) is 42.0 Å². The van der Waals surface area contributed by atoms with Crippen molar-refractivity contribution in [2.24, 2.45) is 4.99 Å². The molecule has 0 aliphatic carbocycles. The average Bonchev–Trinajstić information content (AvgIpc) is 2.48. The minimum atomic E-state index is 0.594. The summed E-state index contributed by atoms with van der Waals surface area (Å²) in [5, 5.41) is 11.8. The Morgan fingerprint density at radius 2 is 1.85 bits per heavy atom. The van der Waals surface area contributed by atoms with Crippen molar-refractivity contribution in [3.63, 3.8) is 0 Å². The first kappa shape index (κ1) is 14.2. The maximum Gasteiger partial charge on any atom is 0.183 e. The van der Waals surface area contributed by atoms with Crippen LogP contribution in [0.25, 0.3) is 11.1 Å². The lowest BCUT2D eigenvalue weighted by molar-refractivity contribution is 1.28. The first-order valence-corrected chi connectivity index (χ1v) is 7.41. The van der Waals surface area contributed by atoms with Gasteiger partial charge in [0.2, 0.25) is 0 Å². The number of aliphatic imine (C=N–C) groups is 1. The third-order valence-corrected chi connectivity index (χ3v) is 3.49. The largest absolute Gasteiger partial charge is 0.271 e. The first-order chi connectivity index (χ1) is 9.74. The number of thioether (sulfide) groups is 1. The fourth-order valence-corrected chi connectivity index (χ4v) is 2.25. The molecule has 0 saturated heterocycles. The van der Waals surface area contributed by atoms with Gasteiger partial charge in [-0.3, -0.25) is 5.32 Å². The molecular weight excluding hydrogens is 266 g/mol. The monoisotopic (exact) mass is 281 g/mol. The Labute approximate surface area is 123 Å². The van der Waals surface area contributed by atoms with Gasteiger partial charge in [0, 0.05) is 0 Å². The number of hydrogen-bond donors (Lipinski definition) is 1. The summed E-state index contributed by atoms with van der Waals surface area (Å²) >= 11 is 1.41. The molecular formula is C16H15N3S. The minimum Gasteiger partial charge on any atom is -0.271 e. The molecule has 20 heavy (non-hydrogen) atoms. The summed E-state index contributed by atoms with van der Waals surface area (Å²) in [6.45, 7) is 2.10. The molecule has 4 heteroatoms. The van der Waals surface area contributed by atoms with Crippen LogP contribution in [0.4, 0.5) is 5.69 Å². The van der Waals surface area contributed by atoms with Crippen LogP contribution in [0.3, 0.4) is 0 Å². The van der Waals surface area contributed by atoms with E-state index in [1.807, 2.05) is 48.8 Å². The van der Waals surface area contributed by atoms with Gasteiger partial charge in [0.05, 0.1) is 5.69 Å². The Morgan fingerprint density at radius 1 is 1.15 bits per heavy atom. The number of nitrogens with one attached hydrogen (secondary N) is 1. The highest BCUT2D eigenvalue weighted by molar-refractivity contribution is 8.13. The van der Waals surface area contributed by atoms with Crippen molar-refractivity contribution in [2.45, 2.75) is 6.92 Å². The van der Waals surface area contributed by atoms with E-state index >= 15 is 0 Å². The molecule has 1 N–H and O–H groups in total. The number of rotatable bonds is 2. The van der Waals surface area contributed by atoms with E-state index in [4.69, 9.17) is 5.26 Å². The SMILES string of the molecule is CSC(=Nc1ccc(-c2ccccc2C)cc1)NC#N. The Bertz CT molecular complexity index is 654. The Kier molecular flexibility index (Phi) is 4.80. The molecule has 0 aromatic heterocycles. The van der Waals surface area contributed by atoms with Gasteiger partial charge in [0.25, 0.3) is 0 Å². The van der Waals surface area contributed by atoms with E-state index < -0.39 is 0 Å². The van der Waals surface area contributed by atoms with Gasteiger partial charge < -0.3 is 0 Å². The quantitative estimate of drug-likeness (QED) is 0.390. The maximum atomic E-state index is 8.61. The van der Waals surface area contributed by atoms with E-state index in [1.165, 1.54) is 28.5 Å². The van der Waals surface area contributed by atoms with Crippen LogP contribution < -0.4 is 5.32 Å². The zero-order valence-electron chi connectivity index (χ0n) is 11.4. The van der Waals surface area contributed by atoms with E-state index in [-0.39, 0.29) is 0 Å².